The van der Waals surface area contributed by atoms with Crippen LogP contribution in [0.4, 0.5) is 0 Å². The van der Waals surface area contributed by atoms with Gasteiger partial charge in [0.25, 0.3) is 5.56 Å². The van der Waals surface area contributed by atoms with E-state index in [1.807, 2.05) is 28.9 Å². The van der Waals surface area contributed by atoms with E-state index in [9.17, 15) is 4.79 Å². The van der Waals surface area contributed by atoms with Crippen molar-refractivity contribution in [2.45, 2.75) is 83.6 Å². The Morgan fingerprint density at radius 2 is 2.03 bits per heavy atom. The number of nitrogens with one attached hydrogen (secondary N) is 1. The minimum atomic E-state index is -0.0600. The summed E-state index contributed by atoms with van der Waals surface area (Å²) in [6, 6.07) is 8.19. The fraction of sp³-hybridized carbons (Fsp3) is 0.615. The highest BCUT2D eigenvalue weighted by Gasteiger charge is 2.36. The molecular formula is C26H36N6O3. The molecule has 2 atom stereocenters. The first-order valence-corrected chi connectivity index (χ1v) is 12.9. The molecule has 2 fully saturated rings. The molecule has 5 rings (SSSR count). The number of aromatic nitrogens is 5. The van der Waals surface area contributed by atoms with Crippen molar-refractivity contribution in [3.63, 3.8) is 0 Å². The van der Waals surface area contributed by atoms with E-state index >= 15 is 0 Å². The van der Waals surface area contributed by atoms with Gasteiger partial charge in [0, 0.05) is 30.8 Å². The van der Waals surface area contributed by atoms with Crippen molar-refractivity contribution in [3.05, 3.63) is 46.0 Å². The Morgan fingerprint density at radius 1 is 1.20 bits per heavy atom. The van der Waals surface area contributed by atoms with E-state index in [0.29, 0.717) is 19.1 Å². The van der Waals surface area contributed by atoms with E-state index in [0.717, 1.165) is 60.3 Å². The van der Waals surface area contributed by atoms with Gasteiger partial charge in [-0.05, 0) is 65.6 Å². The van der Waals surface area contributed by atoms with Gasteiger partial charge in [-0.25, -0.2) is 4.68 Å². The highest BCUT2D eigenvalue weighted by Crippen LogP contribution is 2.36. The summed E-state index contributed by atoms with van der Waals surface area (Å²) in [5, 5.41) is 13.9. The van der Waals surface area contributed by atoms with E-state index in [1.54, 1.807) is 7.11 Å². The Balaban J connectivity index is 1.50. The van der Waals surface area contributed by atoms with Gasteiger partial charge < -0.3 is 14.5 Å². The second-order valence-corrected chi connectivity index (χ2v) is 10.2. The van der Waals surface area contributed by atoms with E-state index in [2.05, 4.69) is 39.3 Å². The van der Waals surface area contributed by atoms with E-state index in [4.69, 9.17) is 9.47 Å². The summed E-state index contributed by atoms with van der Waals surface area (Å²) in [5.41, 5.74) is 1.49. The topological polar surface area (TPSA) is 98.2 Å². The number of rotatable bonds is 9. The van der Waals surface area contributed by atoms with Crippen molar-refractivity contribution in [3.8, 4) is 5.75 Å². The molecule has 35 heavy (non-hydrogen) atoms. The standard InChI is InChI=1S/C26H36N6O3/c1-17(2)24(25-28-29-30-32(25)16-22-9-6-12-35-22)31(20-7-4-5-8-20)15-19-13-18-10-11-21(34-3)14-23(18)27-26(19)33/h10-11,13-14,17,20,22,24H,4-9,12,15-16H2,1-3H3,(H,27,33). The molecule has 9 heteroatoms. The first kappa shape index (κ1) is 23.9. The van der Waals surface area contributed by atoms with Gasteiger partial charge in [0.2, 0.25) is 0 Å². The maximum absolute atomic E-state index is 13.2. The lowest BCUT2D eigenvalue weighted by Crippen LogP contribution is -2.41. The smallest absolute Gasteiger partial charge is 0.252 e. The fourth-order valence-electron chi connectivity index (χ4n) is 5.72. The number of methoxy groups -OCH3 is 1. The van der Waals surface area contributed by atoms with E-state index < -0.39 is 0 Å². The first-order valence-electron chi connectivity index (χ1n) is 12.9. The number of tetrazole rings is 1. The highest BCUT2D eigenvalue weighted by molar-refractivity contribution is 5.80. The number of hydrogen-bond acceptors (Lipinski definition) is 7. The van der Waals surface area contributed by atoms with Gasteiger partial charge in [-0.15, -0.1) is 5.10 Å². The second-order valence-electron chi connectivity index (χ2n) is 10.2. The number of H-pyrrole nitrogens is 1. The number of ether oxygens (including phenoxy) is 2. The van der Waals surface area contributed by atoms with Crippen LogP contribution >= 0.6 is 0 Å². The number of hydrogen-bond donors (Lipinski definition) is 1. The number of aromatic amines is 1. The number of nitrogens with zero attached hydrogens (tertiary/aromatic N) is 5. The predicted octanol–water partition coefficient (Wildman–Crippen LogP) is 3.84. The third kappa shape index (κ3) is 5.11. The molecule has 1 aromatic carbocycles. The summed E-state index contributed by atoms with van der Waals surface area (Å²) >= 11 is 0. The summed E-state index contributed by atoms with van der Waals surface area (Å²) in [6.45, 7) is 6.46. The van der Waals surface area contributed by atoms with Crippen LogP contribution in [0.3, 0.4) is 0 Å². The minimum absolute atomic E-state index is 0.000433. The molecule has 2 aromatic heterocycles. The molecule has 9 nitrogen and oxygen atoms in total. The Morgan fingerprint density at radius 3 is 2.74 bits per heavy atom. The third-order valence-electron chi connectivity index (χ3n) is 7.49. The molecule has 0 bridgehead atoms. The fourth-order valence-corrected chi connectivity index (χ4v) is 5.72. The van der Waals surface area contributed by atoms with Gasteiger partial charge in [0.05, 0.1) is 31.3 Å². The lowest BCUT2D eigenvalue weighted by Gasteiger charge is -2.38. The summed E-state index contributed by atoms with van der Waals surface area (Å²) in [4.78, 5) is 18.7. The van der Waals surface area contributed by atoms with Crippen LogP contribution in [0.1, 0.15) is 69.8 Å². The summed E-state index contributed by atoms with van der Waals surface area (Å²) in [6.07, 6.45) is 6.95. The molecule has 3 aromatic rings. The van der Waals surface area contributed by atoms with Crippen molar-refractivity contribution in [2.75, 3.05) is 13.7 Å². The van der Waals surface area contributed by atoms with Crippen LogP contribution in [-0.4, -0.2) is 56.0 Å². The molecule has 0 amide bonds. The minimum Gasteiger partial charge on any atom is -0.497 e. The van der Waals surface area contributed by atoms with Crippen LogP contribution in [-0.2, 0) is 17.8 Å². The predicted molar refractivity (Wildman–Crippen MR) is 133 cm³/mol. The zero-order valence-electron chi connectivity index (χ0n) is 20.9. The molecule has 3 heterocycles. The van der Waals surface area contributed by atoms with Crippen molar-refractivity contribution in [2.24, 2.45) is 5.92 Å². The lowest BCUT2D eigenvalue weighted by atomic mass is 9.97. The molecule has 1 aliphatic carbocycles. The molecule has 0 radical (unpaired) electrons. The van der Waals surface area contributed by atoms with Gasteiger partial charge in [-0.1, -0.05) is 26.7 Å². The molecular weight excluding hydrogens is 444 g/mol. The molecule has 1 N–H and O–H groups in total. The third-order valence-corrected chi connectivity index (χ3v) is 7.49. The Hall–Kier alpha value is -2.78. The van der Waals surface area contributed by atoms with Crippen LogP contribution in [0.25, 0.3) is 10.9 Å². The van der Waals surface area contributed by atoms with Gasteiger partial charge in [-0.3, -0.25) is 9.69 Å². The van der Waals surface area contributed by atoms with Gasteiger partial charge in [0.1, 0.15) is 5.75 Å². The quantitative estimate of drug-likeness (QED) is 0.497. The van der Waals surface area contributed by atoms with Crippen molar-refractivity contribution in [1.82, 2.24) is 30.1 Å². The maximum atomic E-state index is 13.2. The lowest BCUT2D eigenvalue weighted by molar-refractivity contribution is 0.0718. The SMILES string of the molecule is COc1ccc2cc(CN(C3CCCC3)C(c3nnnn3CC3CCCO3)C(C)C)c(=O)[nH]c2c1. The van der Waals surface area contributed by atoms with Crippen LogP contribution in [0.5, 0.6) is 5.75 Å². The van der Waals surface area contributed by atoms with Crippen LogP contribution in [0, 0.1) is 5.92 Å². The largest absolute Gasteiger partial charge is 0.497 e. The average Bonchev–Trinajstić information content (AvgIpc) is 3.63. The molecule has 0 spiro atoms. The molecule has 188 valence electrons. The summed E-state index contributed by atoms with van der Waals surface area (Å²) in [5.74, 6) is 1.87. The number of pyridine rings is 1. The normalized spacial score (nSPS) is 19.9. The number of benzene rings is 1. The van der Waals surface area contributed by atoms with Gasteiger partial charge in [0.15, 0.2) is 5.82 Å². The molecule has 1 aliphatic heterocycles. The summed E-state index contributed by atoms with van der Waals surface area (Å²) < 4.78 is 13.1. The van der Waals surface area contributed by atoms with Crippen LogP contribution in [0.15, 0.2) is 29.1 Å². The Kier molecular flexibility index (Phi) is 7.15. The Labute approximate surface area is 205 Å². The maximum Gasteiger partial charge on any atom is 0.252 e. The van der Waals surface area contributed by atoms with Crippen molar-refractivity contribution in [1.29, 1.82) is 0 Å². The first-order chi connectivity index (χ1) is 17.0. The monoisotopic (exact) mass is 480 g/mol. The second kappa shape index (κ2) is 10.5. The van der Waals surface area contributed by atoms with Crippen molar-refractivity contribution >= 4 is 10.9 Å². The van der Waals surface area contributed by atoms with Crippen molar-refractivity contribution < 1.29 is 9.47 Å². The average molecular weight is 481 g/mol. The highest BCUT2D eigenvalue weighted by atomic mass is 16.5. The van der Waals surface area contributed by atoms with E-state index in [-0.39, 0.29) is 23.6 Å². The van der Waals surface area contributed by atoms with Crippen LogP contribution < -0.4 is 10.3 Å². The van der Waals surface area contributed by atoms with Gasteiger partial charge >= 0.3 is 0 Å². The molecule has 1 saturated heterocycles. The zero-order chi connectivity index (χ0) is 24.4. The molecule has 1 saturated carbocycles. The van der Waals surface area contributed by atoms with Gasteiger partial charge in [-0.2, -0.15) is 0 Å². The number of fused-ring (bicyclic) bond motifs is 1. The molecule has 2 aliphatic rings. The zero-order valence-corrected chi connectivity index (χ0v) is 20.9. The summed E-state index contributed by atoms with van der Waals surface area (Å²) in [7, 11) is 1.63. The molecule has 2 unspecified atom stereocenters. The Bertz CT molecular complexity index is 1190. The van der Waals surface area contributed by atoms with Crippen LogP contribution in [0.2, 0.25) is 0 Å². The van der Waals surface area contributed by atoms with E-state index in [1.165, 1.54) is 12.8 Å².